The van der Waals surface area contributed by atoms with Gasteiger partial charge in [-0.15, -0.1) is 0 Å². The molecule has 0 saturated heterocycles. The fourth-order valence-corrected chi connectivity index (χ4v) is 2.63. The maximum absolute atomic E-state index is 10.8. The van der Waals surface area contributed by atoms with Crippen LogP contribution in [-0.2, 0) is 23.9 Å². The molecule has 146 valence electrons. The summed E-state index contributed by atoms with van der Waals surface area (Å²) in [6.07, 6.45) is 8.16. The Hall–Kier alpha value is -2.21. The molecule has 1 aromatic rings. The Kier molecular flexibility index (Phi) is 8.98. The number of ether oxygens (including phenoxy) is 1. The maximum Gasteiger partial charge on any atom is 0.264 e. The summed E-state index contributed by atoms with van der Waals surface area (Å²) in [7, 11) is -3.40. The summed E-state index contributed by atoms with van der Waals surface area (Å²) in [6, 6.07) is 5.65. The lowest BCUT2D eigenvalue weighted by atomic mass is 9.98. The number of rotatable bonds is 9. The van der Waals surface area contributed by atoms with Gasteiger partial charge in [0.1, 0.15) is 12.3 Å². The van der Waals surface area contributed by atoms with Crippen LogP contribution in [0.2, 0.25) is 0 Å². The number of hydrogen-bond acceptors (Lipinski definition) is 7. The van der Waals surface area contributed by atoms with Gasteiger partial charge in [0.05, 0.1) is 31.8 Å². The smallest absolute Gasteiger partial charge is 0.264 e. The normalized spacial score (nSPS) is 15.7. The molecule has 0 spiro atoms. The van der Waals surface area contributed by atoms with Crippen LogP contribution in [0.5, 0.6) is 0 Å². The van der Waals surface area contributed by atoms with Crippen LogP contribution >= 0.6 is 0 Å². The second kappa shape index (κ2) is 11.5. The Bertz CT molecular complexity index is 807. The molecule has 1 aliphatic rings. The second-order valence-corrected chi connectivity index (χ2v) is 7.54. The highest BCUT2D eigenvalue weighted by atomic mass is 32.2. The minimum Gasteiger partial charge on any atom is -0.396 e. The first-order valence-corrected chi connectivity index (χ1v) is 10.6. The molecule has 2 rings (SSSR count). The minimum atomic E-state index is -3.40. The van der Waals surface area contributed by atoms with Crippen molar-refractivity contribution in [3.8, 4) is 11.8 Å². The lowest BCUT2D eigenvalue weighted by Crippen LogP contribution is -2.10. The van der Waals surface area contributed by atoms with E-state index in [9.17, 15) is 8.42 Å². The highest BCUT2D eigenvalue weighted by Crippen LogP contribution is 2.15. The van der Waals surface area contributed by atoms with Gasteiger partial charge in [0.25, 0.3) is 10.1 Å². The monoisotopic (exact) mass is 392 g/mol. The molecule has 0 amide bonds. The molecule has 0 unspecified atom stereocenters. The third kappa shape index (κ3) is 9.89. The first-order chi connectivity index (χ1) is 13.0. The van der Waals surface area contributed by atoms with Gasteiger partial charge in [-0.25, -0.2) is 4.98 Å². The number of nitrogens with zero attached hydrogens (tertiary/aromatic N) is 2. The van der Waals surface area contributed by atoms with Crippen molar-refractivity contribution in [2.24, 2.45) is 5.16 Å². The first-order valence-electron chi connectivity index (χ1n) is 8.77. The van der Waals surface area contributed by atoms with Crippen LogP contribution in [0.1, 0.15) is 31.4 Å². The third-order valence-electron chi connectivity index (χ3n) is 3.47. The topological polar surface area (TPSA) is 87.1 Å². The summed E-state index contributed by atoms with van der Waals surface area (Å²) in [5.41, 5.74) is 2.66. The summed E-state index contributed by atoms with van der Waals surface area (Å²) in [5.74, 6) is 6.20. The Morgan fingerprint density at radius 2 is 2.04 bits per heavy atom. The molecule has 0 bridgehead atoms. The molecule has 1 heterocycles. The molecule has 0 radical (unpaired) electrons. The quantitative estimate of drug-likeness (QED) is 0.277. The summed E-state index contributed by atoms with van der Waals surface area (Å²) >= 11 is 0. The van der Waals surface area contributed by atoms with Gasteiger partial charge in [-0.1, -0.05) is 17.1 Å². The highest BCUT2D eigenvalue weighted by molar-refractivity contribution is 7.85. The van der Waals surface area contributed by atoms with E-state index in [0.717, 1.165) is 42.5 Å². The fraction of sp³-hybridized carbons (Fsp3) is 0.474. The van der Waals surface area contributed by atoms with Crippen LogP contribution in [0.25, 0.3) is 0 Å². The van der Waals surface area contributed by atoms with E-state index >= 15 is 0 Å². The van der Waals surface area contributed by atoms with Crippen molar-refractivity contribution in [1.82, 2.24) is 4.98 Å². The zero-order chi connectivity index (χ0) is 19.4. The van der Waals surface area contributed by atoms with Gasteiger partial charge in [0, 0.05) is 18.2 Å². The predicted molar refractivity (Wildman–Crippen MR) is 103 cm³/mol. The Labute approximate surface area is 160 Å². The summed E-state index contributed by atoms with van der Waals surface area (Å²) < 4.78 is 31.4. The molecule has 1 aromatic heterocycles. The van der Waals surface area contributed by atoms with Crippen molar-refractivity contribution >= 4 is 15.8 Å². The molecule has 0 N–H and O–H groups in total. The minimum absolute atomic E-state index is 0.0229. The number of aromatic nitrogens is 1. The van der Waals surface area contributed by atoms with Gasteiger partial charge in [-0.2, -0.15) is 8.42 Å². The first kappa shape index (κ1) is 21.1. The highest BCUT2D eigenvalue weighted by Gasteiger charge is 2.07. The summed E-state index contributed by atoms with van der Waals surface area (Å²) in [6.45, 7) is 1.13. The zero-order valence-corrected chi connectivity index (χ0v) is 16.2. The Morgan fingerprint density at radius 1 is 1.15 bits per heavy atom. The zero-order valence-electron chi connectivity index (χ0n) is 15.4. The van der Waals surface area contributed by atoms with Crippen molar-refractivity contribution in [2.75, 3.05) is 32.7 Å². The summed E-state index contributed by atoms with van der Waals surface area (Å²) in [5, 5.41) is 4.15. The number of pyridine rings is 1. The number of allylic oxidation sites excluding steroid dienone is 2. The Balaban J connectivity index is 1.66. The number of oxime groups is 1. The van der Waals surface area contributed by atoms with Gasteiger partial charge in [0.15, 0.2) is 0 Å². The standard InChI is InChI=1S/C19H24N2O5S/c1-27(22,23)26-15-14-24-12-5-13-25-21-19-8-4-6-17(16-19)9-10-18-7-2-3-11-20-18/h2-3,7,11,16H,4-6,8,12-15H2,1H3/b21-19-. The molecular weight excluding hydrogens is 368 g/mol. The fourth-order valence-electron chi connectivity index (χ4n) is 2.26. The van der Waals surface area contributed by atoms with Crippen molar-refractivity contribution < 1.29 is 22.2 Å². The largest absolute Gasteiger partial charge is 0.396 e. The maximum atomic E-state index is 10.8. The van der Waals surface area contributed by atoms with Crippen LogP contribution < -0.4 is 0 Å². The van der Waals surface area contributed by atoms with E-state index in [1.165, 1.54) is 0 Å². The third-order valence-corrected chi connectivity index (χ3v) is 4.06. The van der Waals surface area contributed by atoms with Crippen LogP contribution in [0.15, 0.2) is 41.2 Å². The average Bonchev–Trinajstić information content (AvgIpc) is 2.65. The van der Waals surface area contributed by atoms with Crippen molar-refractivity contribution in [1.29, 1.82) is 0 Å². The second-order valence-electron chi connectivity index (χ2n) is 5.90. The van der Waals surface area contributed by atoms with Crippen LogP contribution in [0.3, 0.4) is 0 Å². The molecule has 27 heavy (non-hydrogen) atoms. The molecule has 0 aliphatic heterocycles. The van der Waals surface area contributed by atoms with Gasteiger partial charge < -0.3 is 9.57 Å². The lowest BCUT2D eigenvalue weighted by Gasteiger charge is -2.10. The van der Waals surface area contributed by atoms with Crippen molar-refractivity contribution in [3.63, 3.8) is 0 Å². The van der Waals surface area contributed by atoms with Gasteiger partial charge in [0.2, 0.25) is 0 Å². The SMILES string of the molecule is CS(=O)(=O)OCCOCCCO/N=C1\C=C(C#Cc2ccccn2)CCC1. The van der Waals surface area contributed by atoms with E-state index in [2.05, 4.69) is 26.2 Å². The van der Waals surface area contributed by atoms with E-state index in [1.54, 1.807) is 6.20 Å². The van der Waals surface area contributed by atoms with Gasteiger partial charge in [-0.3, -0.25) is 4.18 Å². The molecule has 0 saturated carbocycles. The molecule has 0 aromatic carbocycles. The average molecular weight is 392 g/mol. The van der Waals surface area contributed by atoms with Crippen LogP contribution in [0.4, 0.5) is 0 Å². The van der Waals surface area contributed by atoms with Crippen molar-refractivity contribution in [3.05, 3.63) is 41.7 Å². The van der Waals surface area contributed by atoms with E-state index in [1.807, 2.05) is 24.3 Å². The number of hydrogen-bond donors (Lipinski definition) is 0. The van der Waals surface area contributed by atoms with Crippen LogP contribution in [-0.4, -0.2) is 51.8 Å². The lowest BCUT2D eigenvalue weighted by molar-refractivity contribution is 0.0714. The molecule has 0 fully saturated rings. The van der Waals surface area contributed by atoms with E-state index in [-0.39, 0.29) is 13.2 Å². The van der Waals surface area contributed by atoms with Crippen molar-refractivity contribution in [2.45, 2.75) is 25.7 Å². The van der Waals surface area contributed by atoms with Gasteiger partial charge >= 0.3 is 0 Å². The van der Waals surface area contributed by atoms with E-state index in [0.29, 0.717) is 19.6 Å². The van der Waals surface area contributed by atoms with E-state index < -0.39 is 10.1 Å². The molecule has 7 nitrogen and oxygen atoms in total. The summed E-state index contributed by atoms with van der Waals surface area (Å²) in [4.78, 5) is 9.51. The predicted octanol–water partition coefficient (Wildman–Crippen LogP) is 2.30. The molecule has 8 heteroatoms. The van der Waals surface area contributed by atoms with E-state index in [4.69, 9.17) is 9.57 Å². The van der Waals surface area contributed by atoms with Crippen LogP contribution in [0, 0.1) is 11.8 Å². The molecule has 0 atom stereocenters. The Morgan fingerprint density at radius 3 is 2.81 bits per heavy atom. The van der Waals surface area contributed by atoms with Gasteiger partial charge in [-0.05, 0) is 43.4 Å². The molecule has 1 aliphatic carbocycles. The molecular formula is C19H24N2O5S.